The monoisotopic (exact) mass is 287 g/mol. The van der Waals surface area contributed by atoms with Crippen molar-refractivity contribution in [2.45, 2.75) is 19.1 Å². The van der Waals surface area contributed by atoms with Gasteiger partial charge >= 0.3 is 6.18 Å². The van der Waals surface area contributed by atoms with Crippen LogP contribution in [0.1, 0.15) is 6.42 Å². The Balaban J connectivity index is 2.37. The number of ether oxygens (including phenoxy) is 1. The number of alkyl halides is 3. The van der Waals surface area contributed by atoms with E-state index < -0.39 is 12.6 Å². The highest BCUT2D eigenvalue weighted by Crippen LogP contribution is 2.33. The van der Waals surface area contributed by atoms with Crippen molar-refractivity contribution < 1.29 is 17.9 Å². The van der Waals surface area contributed by atoms with Gasteiger partial charge in [0.05, 0.1) is 25.6 Å². The maximum absolute atomic E-state index is 12.3. The van der Waals surface area contributed by atoms with Gasteiger partial charge in [-0.1, -0.05) is 6.07 Å². The molecule has 0 aliphatic heterocycles. The quantitative estimate of drug-likeness (QED) is 0.869. The number of aromatic nitrogens is 4. The molecule has 2 rings (SSSR count). The predicted octanol–water partition coefficient (Wildman–Crippen LogP) is 1.88. The molecule has 1 aromatic carbocycles. The molecule has 0 atom stereocenters. The van der Waals surface area contributed by atoms with Gasteiger partial charge in [-0.3, -0.25) is 0 Å². The van der Waals surface area contributed by atoms with Crippen LogP contribution < -0.4 is 10.5 Å². The highest BCUT2D eigenvalue weighted by molar-refractivity contribution is 5.77. The maximum Gasteiger partial charge on any atom is 0.390 e. The lowest BCUT2D eigenvalue weighted by molar-refractivity contribution is -0.137. The summed E-state index contributed by atoms with van der Waals surface area (Å²) in [7, 11) is 1.43. The molecule has 2 aromatic rings. The Kier molecular flexibility index (Phi) is 3.77. The number of tetrazole rings is 1. The Morgan fingerprint density at radius 3 is 2.75 bits per heavy atom. The van der Waals surface area contributed by atoms with E-state index in [0.29, 0.717) is 17.0 Å². The first-order chi connectivity index (χ1) is 9.42. The van der Waals surface area contributed by atoms with Gasteiger partial charge < -0.3 is 10.5 Å². The van der Waals surface area contributed by atoms with E-state index in [4.69, 9.17) is 10.5 Å². The Morgan fingerprint density at radius 2 is 2.10 bits per heavy atom. The van der Waals surface area contributed by atoms with E-state index in [2.05, 4.69) is 15.5 Å². The van der Waals surface area contributed by atoms with Crippen LogP contribution in [-0.4, -0.2) is 33.5 Å². The maximum atomic E-state index is 12.3. The number of aryl methyl sites for hydroxylation is 1. The van der Waals surface area contributed by atoms with Crippen LogP contribution in [0.25, 0.3) is 11.4 Å². The molecule has 1 heterocycles. The van der Waals surface area contributed by atoms with E-state index in [1.54, 1.807) is 18.2 Å². The fraction of sp³-hybridized carbons (Fsp3) is 0.364. The second-order valence-corrected chi connectivity index (χ2v) is 4.02. The van der Waals surface area contributed by atoms with Crippen molar-refractivity contribution in [1.29, 1.82) is 0 Å². The molecule has 0 saturated carbocycles. The first-order valence-corrected chi connectivity index (χ1v) is 5.68. The van der Waals surface area contributed by atoms with Gasteiger partial charge in [-0.25, -0.2) is 4.68 Å². The minimum atomic E-state index is -4.28. The Bertz CT molecular complexity index is 596. The van der Waals surface area contributed by atoms with Crippen molar-refractivity contribution in [3.05, 3.63) is 18.2 Å². The molecule has 6 nitrogen and oxygen atoms in total. The smallest absolute Gasteiger partial charge is 0.390 e. The lowest BCUT2D eigenvalue weighted by atomic mass is 10.1. The third kappa shape index (κ3) is 2.98. The largest absolute Gasteiger partial charge is 0.496 e. The molecule has 0 fully saturated rings. The second-order valence-electron chi connectivity index (χ2n) is 4.02. The molecular formula is C11H12F3N5O. The Hall–Kier alpha value is -2.32. The summed E-state index contributed by atoms with van der Waals surface area (Å²) >= 11 is 0. The molecule has 0 aliphatic rings. The highest BCUT2D eigenvalue weighted by atomic mass is 19.4. The van der Waals surface area contributed by atoms with Gasteiger partial charge in [-0.05, 0) is 22.6 Å². The van der Waals surface area contributed by atoms with Gasteiger partial charge in [0.15, 0.2) is 5.82 Å². The summed E-state index contributed by atoms with van der Waals surface area (Å²) in [5.74, 6) is 0.539. The summed E-state index contributed by atoms with van der Waals surface area (Å²) < 4.78 is 43.0. The number of nitrogens with two attached hydrogens (primary N) is 1. The number of hydrogen-bond donors (Lipinski definition) is 1. The molecule has 0 saturated heterocycles. The lowest BCUT2D eigenvalue weighted by Crippen LogP contribution is -2.14. The summed E-state index contributed by atoms with van der Waals surface area (Å²) in [6.45, 7) is -0.386. The number of rotatable bonds is 4. The van der Waals surface area contributed by atoms with Crippen LogP contribution >= 0.6 is 0 Å². The molecule has 0 amide bonds. The molecular weight excluding hydrogens is 275 g/mol. The van der Waals surface area contributed by atoms with Crippen LogP contribution in [-0.2, 0) is 6.54 Å². The van der Waals surface area contributed by atoms with Crippen LogP contribution in [0.5, 0.6) is 5.75 Å². The summed E-state index contributed by atoms with van der Waals surface area (Å²) in [4.78, 5) is 0. The number of halogens is 3. The van der Waals surface area contributed by atoms with Gasteiger partial charge in [0.1, 0.15) is 5.75 Å². The number of hydrogen-bond acceptors (Lipinski definition) is 5. The van der Waals surface area contributed by atoms with Crippen molar-refractivity contribution in [2.75, 3.05) is 12.8 Å². The summed E-state index contributed by atoms with van der Waals surface area (Å²) in [6.07, 6.45) is -5.31. The number of nitrogen functional groups attached to an aromatic ring is 1. The van der Waals surface area contributed by atoms with Crippen molar-refractivity contribution >= 4 is 5.69 Å². The van der Waals surface area contributed by atoms with Crippen LogP contribution in [0.2, 0.25) is 0 Å². The first kappa shape index (κ1) is 14.1. The fourth-order valence-corrected chi connectivity index (χ4v) is 1.72. The average molecular weight is 287 g/mol. The van der Waals surface area contributed by atoms with Gasteiger partial charge in [-0.2, -0.15) is 13.2 Å². The zero-order valence-electron chi connectivity index (χ0n) is 10.6. The Labute approximate surface area is 112 Å². The molecule has 0 bridgehead atoms. The van der Waals surface area contributed by atoms with E-state index in [0.717, 1.165) is 4.68 Å². The molecule has 9 heteroatoms. The highest BCUT2D eigenvalue weighted by Gasteiger charge is 2.28. The molecule has 0 unspecified atom stereocenters. The zero-order valence-corrected chi connectivity index (χ0v) is 10.6. The van der Waals surface area contributed by atoms with E-state index in [1.165, 1.54) is 7.11 Å². The lowest BCUT2D eigenvalue weighted by Gasteiger charge is -2.11. The second kappa shape index (κ2) is 5.35. The van der Waals surface area contributed by atoms with Crippen LogP contribution in [0.4, 0.5) is 18.9 Å². The van der Waals surface area contributed by atoms with E-state index >= 15 is 0 Å². The minimum Gasteiger partial charge on any atom is -0.496 e. The number of benzene rings is 1. The van der Waals surface area contributed by atoms with Crippen molar-refractivity contribution in [3.63, 3.8) is 0 Å². The van der Waals surface area contributed by atoms with Crippen LogP contribution in [0.15, 0.2) is 18.2 Å². The zero-order chi connectivity index (χ0) is 14.8. The molecule has 0 spiro atoms. The van der Waals surface area contributed by atoms with Gasteiger partial charge in [0.2, 0.25) is 0 Å². The van der Waals surface area contributed by atoms with Gasteiger partial charge in [0, 0.05) is 5.69 Å². The summed E-state index contributed by atoms with van der Waals surface area (Å²) in [5, 5.41) is 10.7. The van der Waals surface area contributed by atoms with E-state index in [9.17, 15) is 13.2 Å². The van der Waals surface area contributed by atoms with Crippen molar-refractivity contribution in [1.82, 2.24) is 20.2 Å². The topological polar surface area (TPSA) is 78.8 Å². The Morgan fingerprint density at radius 1 is 1.35 bits per heavy atom. The normalized spacial score (nSPS) is 11.6. The molecule has 0 radical (unpaired) electrons. The number of nitrogens with zero attached hydrogens (tertiary/aromatic N) is 4. The van der Waals surface area contributed by atoms with Gasteiger partial charge in [0.25, 0.3) is 0 Å². The fourth-order valence-electron chi connectivity index (χ4n) is 1.72. The van der Waals surface area contributed by atoms with Crippen LogP contribution in [0, 0.1) is 0 Å². The van der Waals surface area contributed by atoms with Crippen molar-refractivity contribution in [2.24, 2.45) is 0 Å². The molecule has 20 heavy (non-hydrogen) atoms. The minimum absolute atomic E-state index is 0.143. The predicted molar refractivity (Wildman–Crippen MR) is 64.9 cm³/mol. The van der Waals surface area contributed by atoms with Crippen molar-refractivity contribution in [3.8, 4) is 17.1 Å². The standard InChI is InChI=1S/C11H12F3N5O/c1-20-8-4-2-3-7(15)9(8)10-16-17-18-19(10)6-5-11(12,13)14/h2-4H,5-6,15H2,1H3. The molecule has 0 aliphatic carbocycles. The van der Waals surface area contributed by atoms with Gasteiger partial charge in [-0.15, -0.1) is 5.10 Å². The molecule has 1 aromatic heterocycles. The molecule has 2 N–H and O–H groups in total. The van der Waals surface area contributed by atoms with E-state index in [-0.39, 0.29) is 12.4 Å². The molecule has 108 valence electrons. The van der Waals surface area contributed by atoms with Crippen LogP contribution in [0.3, 0.4) is 0 Å². The van der Waals surface area contributed by atoms with E-state index in [1.807, 2.05) is 0 Å². The third-order valence-corrected chi connectivity index (χ3v) is 2.64. The third-order valence-electron chi connectivity index (χ3n) is 2.64. The number of methoxy groups -OCH3 is 1. The SMILES string of the molecule is COc1cccc(N)c1-c1nnnn1CCC(F)(F)F. The summed E-state index contributed by atoms with van der Waals surface area (Å²) in [5.41, 5.74) is 6.53. The summed E-state index contributed by atoms with van der Waals surface area (Å²) in [6, 6.07) is 4.90. The average Bonchev–Trinajstić information content (AvgIpc) is 2.83. The first-order valence-electron chi connectivity index (χ1n) is 5.68. The number of anilines is 1.